The molecule has 1 aliphatic heterocycles. The summed E-state index contributed by atoms with van der Waals surface area (Å²) in [4.78, 5) is 27.3. The zero-order valence-corrected chi connectivity index (χ0v) is 20.1. The molecule has 0 radical (unpaired) electrons. The van der Waals surface area contributed by atoms with Crippen molar-refractivity contribution in [3.8, 4) is 11.8 Å². The quantitative estimate of drug-likeness (QED) is 0.495. The fourth-order valence-corrected chi connectivity index (χ4v) is 4.96. The number of carbonyl (C=O) groups is 2. The molecule has 34 heavy (non-hydrogen) atoms. The number of nitrogens with one attached hydrogen (secondary N) is 1. The van der Waals surface area contributed by atoms with E-state index >= 15 is 0 Å². The minimum Gasteiger partial charge on any atom is -0.494 e. The molecule has 1 aromatic heterocycles. The first-order chi connectivity index (χ1) is 16.4. The second-order valence-corrected chi connectivity index (χ2v) is 9.17. The van der Waals surface area contributed by atoms with Crippen LogP contribution in [0.25, 0.3) is 0 Å². The largest absolute Gasteiger partial charge is 0.494 e. The molecule has 1 aliphatic rings. The Morgan fingerprint density at radius 2 is 2.18 bits per heavy atom. The average molecular weight is 488 g/mol. The molecule has 2 atom stereocenters. The van der Waals surface area contributed by atoms with Crippen molar-refractivity contribution in [3.63, 3.8) is 0 Å². The van der Waals surface area contributed by atoms with Crippen LogP contribution in [0.15, 0.2) is 24.3 Å². The van der Waals surface area contributed by atoms with Gasteiger partial charge in [0.1, 0.15) is 29.5 Å². The predicted octanol–water partition coefficient (Wildman–Crippen LogP) is 3.00. The molecule has 0 saturated heterocycles. The molecule has 0 bridgehead atoms. The highest BCUT2D eigenvalue weighted by atomic mass is 32.1. The number of carbonyl (C=O) groups excluding carboxylic acids is 2. The van der Waals surface area contributed by atoms with Gasteiger partial charge in [-0.15, -0.1) is 11.3 Å². The molecule has 0 spiro atoms. The Balaban J connectivity index is 1.64. The van der Waals surface area contributed by atoms with Crippen LogP contribution >= 0.6 is 11.3 Å². The van der Waals surface area contributed by atoms with Gasteiger partial charge in [0.05, 0.1) is 25.3 Å². The first kappa shape index (κ1) is 25.5. The predicted molar refractivity (Wildman–Crippen MR) is 127 cm³/mol. The van der Waals surface area contributed by atoms with Crippen molar-refractivity contribution in [3.05, 3.63) is 45.8 Å². The van der Waals surface area contributed by atoms with Crippen molar-refractivity contribution in [2.75, 3.05) is 31.7 Å². The number of aliphatic hydroxyl groups excluding tert-OH is 2. The molecule has 2 heterocycles. The van der Waals surface area contributed by atoms with Crippen LogP contribution in [0, 0.1) is 11.3 Å². The summed E-state index contributed by atoms with van der Waals surface area (Å²) in [5.74, 6) is 0.526. The van der Waals surface area contributed by atoms with Crippen LogP contribution in [0.4, 0.5) is 9.80 Å². The second-order valence-electron chi connectivity index (χ2n) is 8.06. The van der Waals surface area contributed by atoms with Crippen molar-refractivity contribution in [2.24, 2.45) is 0 Å². The maximum absolute atomic E-state index is 12.8. The molecule has 1 aromatic carbocycles. The molecule has 1 unspecified atom stereocenters. The molecular formula is C24H29N3O6S. The summed E-state index contributed by atoms with van der Waals surface area (Å²) in [7, 11) is 0. The molecular weight excluding hydrogens is 458 g/mol. The third-order valence-electron chi connectivity index (χ3n) is 5.52. The summed E-state index contributed by atoms with van der Waals surface area (Å²) in [6, 6.07) is 9.86. The number of anilines is 1. The summed E-state index contributed by atoms with van der Waals surface area (Å²) in [5.41, 5.74) is 2.26. The first-order valence-electron chi connectivity index (χ1n) is 11.1. The molecule has 0 aliphatic carbocycles. The lowest BCUT2D eigenvalue weighted by molar-refractivity contribution is -0.116. The lowest BCUT2D eigenvalue weighted by Gasteiger charge is -2.26. The lowest BCUT2D eigenvalue weighted by Crippen LogP contribution is -2.37. The molecule has 3 N–H and O–H groups in total. The van der Waals surface area contributed by atoms with E-state index in [1.807, 2.05) is 38.1 Å². The Morgan fingerprint density at radius 1 is 1.38 bits per heavy atom. The number of nitrogens with zero attached hydrogens (tertiary/aromatic N) is 2. The monoisotopic (exact) mass is 487 g/mol. The third-order valence-corrected chi connectivity index (χ3v) is 6.65. The molecule has 2 aromatic rings. The van der Waals surface area contributed by atoms with Gasteiger partial charge in [0, 0.05) is 17.8 Å². The normalized spacial score (nSPS) is 14.5. The fraction of sp³-hybridized carbons (Fsp3) is 0.458. The van der Waals surface area contributed by atoms with Crippen molar-refractivity contribution < 1.29 is 29.3 Å². The van der Waals surface area contributed by atoms with Gasteiger partial charge in [-0.1, -0.05) is 19.1 Å². The molecule has 182 valence electrons. The van der Waals surface area contributed by atoms with E-state index in [4.69, 9.17) is 14.6 Å². The highest BCUT2D eigenvalue weighted by molar-refractivity contribution is 7.16. The van der Waals surface area contributed by atoms with Crippen molar-refractivity contribution in [1.82, 2.24) is 4.90 Å². The SMILES string of the molecule is CCOc1cccc([C@@H](C)CC(=O)Nc2sc3c(c2C#N)CCN(C(=O)OCC(O)CO)C3)c1. The minimum absolute atomic E-state index is 0.0416. The topological polar surface area (TPSA) is 132 Å². The van der Waals surface area contributed by atoms with E-state index in [1.165, 1.54) is 16.2 Å². The maximum atomic E-state index is 12.8. The number of amides is 2. The van der Waals surface area contributed by atoms with Gasteiger partial charge in [-0.05, 0) is 42.5 Å². The summed E-state index contributed by atoms with van der Waals surface area (Å²) in [6.45, 7) is 4.27. The lowest BCUT2D eigenvalue weighted by atomic mass is 9.97. The zero-order valence-electron chi connectivity index (χ0n) is 19.2. The minimum atomic E-state index is -1.12. The van der Waals surface area contributed by atoms with Crippen molar-refractivity contribution in [2.45, 2.75) is 45.3 Å². The number of hydrogen-bond acceptors (Lipinski definition) is 8. The highest BCUT2D eigenvalue weighted by Gasteiger charge is 2.28. The molecule has 10 heteroatoms. The van der Waals surface area contributed by atoms with Crippen LogP contribution in [0.1, 0.15) is 47.8 Å². The van der Waals surface area contributed by atoms with E-state index in [0.29, 0.717) is 30.1 Å². The molecule has 0 fully saturated rings. The summed E-state index contributed by atoms with van der Waals surface area (Å²) in [6.07, 6.45) is -1.02. The number of benzene rings is 1. The van der Waals surface area contributed by atoms with Crippen LogP contribution in [-0.4, -0.2) is 59.6 Å². The summed E-state index contributed by atoms with van der Waals surface area (Å²) in [5, 5.41) is 31.3. The Kier molecular flexibility index (Phi) is 8.87. The number of fused-ring (bicyclic) bond motifs is 1. The number of hydrogen-bond donors (Lipinski definition) is 3. The van der Waals surface area contributed by atoms with Crippen LogP contribution in [0.2, 0.25) is 0 Å². The standard InChI is InChI=1S/C24H29N3O6S/c1-3-32-18-6-4-5-16(10-18)15(2)9-22(30)26-23-20(11-25)19-7-8-27(12-21(19)34-23)24(31)33-14-17(29)13-28/h4-6,10,15,17,28-29H,3,7-9,12-14H2,1-2H3,(H,26,30)/t15-,17?/m0/s1. The number of nitriles is 1. The van der Waals surface area contributed by atoms with Crippen LogP contribution < -0.4 is 10.1 Å². The maximum Gasteiger partial charge on any atom is 0.410 e. The highest BCUT2D eigenvalue weighted by Crippen LogP contribution is 2.37. The van der Waals surface area contributed by atoms with E-state index in [9.17, 15) is 20.0 Å². The van der Waals surface area contributed by atoms with Gasteiger partial charge >= 0.3 is 6.09 Å². The number of thiophene rings is 1. The van der Waals surface area contributed by atoms with Gasteiger partial charge in [0.15, 0.2) is 0 Å². The zero-order chi connectivity index (χ0) is 24.7. The Hall–Kier alpha value is -3.13. The van der Waals surface area contributed by atoms with Gasteiger partial charge in [0.25, 0.3) is 0 Å². The Labute approximate surface area is 202 Å². The smallest absolute Gasteiger partial charge is 0.410 e. The Morgan fingerprint density at radius 3 is 2.88 bits per heavy atom. The number of ether oxygens (including phenoxy) is 2. The van der Waals surface area contributed by atoms with Gasteiger partial charge in [0.2, 0.25) is 5.91 Å². The van der Waals surface area contributed by atoms with E-state index in [-0.39, 0.29) is 31.4 Å². The van der Waals surface area contributed by atoms with Gasteiger partial charge in [-0.3, -0.25) is 4.79 Å². The fourth-order valence-electron chi connectivity index (χ4n) is 3.73. The molecule has 3 rings (SSSR count). The second kappa shape index (κ2) is 11.8. The molecule has 2 amide bonds. The van der Waals surface area contributed by atoms with E-state index in [0.717, 1.165) is 21.8 Å². The van der Waals surface area contributed by atoms with Crippen molar-refractivity contribution in [1.29, 1.82) is 5.26 Å². The number of rotatable bonds is 9. The molecule has 0 saturated carbocycles. The Bertz CT molecular complexity index is 1060. The van der Waals surface area contributed by atoms with Gasteiger partial charge < -0.3 is 29.9 Å². The van der Waals surface area contributed by atoms with E-state index < -0.39 is 18.8 Å². The van der Waals surface area contributed by atoms with Crippen LogP contribution in [0.3, 0.4) is 0 Å². The van der Waals surface area contributed by atoms with Crippen LogP contribution in [-0.2, 0) is 22.5 Å². The van der Waals surface area contributed by atoms with Gasteiger partial charge in [-0.2, -0.15) is 5.26 Å². The van der Waals surface area contributed by atoms with Crippen molar-refractivity contribution >= 4 is 28.3 Å². The van der Waals surface area contributed by atoms with E-state index in [1.54, 1.807) is 0 Å². The van der Waals surface area contributed by atoms with Gasteiger partial charge in [-0.25, -0.2) is 4.79 Å². The average Bonchev–Trinajstić information content (AvgIpc) is 3.18. The van der Waals surface area contributed by atoms with E-state index in [2.05, 4.69) is 11.4 Å². The summed E-state index contributed by atoms with van der Waals surface area (Å²) >= 11 is 1.28. The third kappa shape index (κ3) is 6.26. The first-order valence-corrected chi connectivity index (χ1v) is 12.0. The number of aliphatic hydroxyl groups is 2. The molecule has 9 nitrogen and oxygen atoms in total. The van der Waals surface area contributed by atoms with Crippen LogP contribution in [0.5, 0.6) is 5.75 Å². The summed E-state index contributed by atoms with van der Waals surface area (Å²) < 4.78 is 10.6.